The molecule has 1 heterocycles. The van der Waals surface area contributed by atoms with Crippen molar-refractivity contribution in [1.82, 2.24) is 15.6 Å². The van der Waals surface area contributed by atoms with Gasteiger partial charge in [0.2, 0.25) is 0 Å². The third-order valence-electron chi connectivity index (χ3n) is 3.48. The molecule has 0 fully saturated rings. The SMILES string of the molecule is CN=C(NCCOc1cc(C)cc(C)c1)NCCc1ccccn1.I. The van der Waals surface area contributed by atoms with Crippen molar-refractivity contribution in [3.63, 3.8) is 0 Å². The number of aromatic nitrogens is 1. The molecule has 136 valence electrons. The van der Waals surface area contributed by atoms with Crippen LogP contribution < -0.4 is 15.4 Å². The zero-order valence-electron chi connectivity index (χ0n) is 15.1. The molecule has 0 aliphatic carbocycles. The van der Waals surface area contributed by atoms with Crippen LogP contribution in [0.1, 0.15) is 16.8 Å². The van der Waals surface area contributed by atoms with Crippen LogP contribution in [0.25, 0.3) is 0 Å². The van der Waals surface area contributed by atoms with Crippen LogP contribution >= 0.6 is 24.0 Å². The Bertz CT molecular complexity index is 641. The summed E-state index contributed by atoms with van der Waals surface area (Å²) in [6, 6.07) is 12.2. The summed E-state index contributed by atoms with van der Waals surface area (Å²) in [6.45, 7) is 6.21. The van der Waals surface area contributed by atoms with Crippen molar-refractivity contribution >= 4 is 29.9 Å². The molecule has 0 saturated heterocycles. The van der Waals surface area contributed by atoms with Crippen LogP contribution in [-0.4, -0.2) is 37.7 Å². The first-order valence-corrected chi connectivity index (χ1v) is 8.23. The van der Waals surface area contributed by atoms with E-state index in [4.69, 9.17) is 4.74 Å². The van der Waals surface area contributed by atoms with E-state index < -0.39 is 0 Å². The third kappa shape index (κ3) is 8.20. The number of halogens is 1. The molecule has 2 rings (SSSR count). The van der Waals surface area contributed by atoms with Crippen molar-refractivity contribution in [3.05, 3.63) is 59.4 Å². The topological polar surface area (TPSA) is 58.5 Å². The molecular weight excluding hydrogens is 427 g/mol. The van der Waals surface area contributed by atoms with E-state index in [9.17, 15) is 0 Å². The van der Waals surface area contributed by atoms with E-state index in [-0.39, 0.29) is 24.0 Å². The first-order chi connectivity index (χ1) is 11.7. The molecule has 0 unspecified atom stereocenters. The van der Waals surface area contributed by atoms with Gasteiger partial charge in [0, 0.05) is 31.9 Å². The van der Waals surface area contributed by atoms with Gasteiger partial charge in [-0.25, -0.2) is 0 Å². The van der Waals surface area contributed by atoms with Gasteiger partial charge in [-0.15, -0.1) is 24.0 Å². The fourth-order valence-corrected chi connectivity index (χ4v) is 2.43. The molecule has 1 aromatic carbocycles. The number of ether oxygens (including phenoxy) is 1. The Morgan fingerprint density at radius 1 is 1.08 bits per heavy atom. The predicted octanol–water partition coefficient (Wildman–Crippen LogP) is 3.10. The first kappa shape index (κ1) is 21.2. The predicted molar refractivity (Wildman–Crippen MR) is 114 cm³/mol. The maximum absolute atomic E-state index is 5.78. The Labute approximate surface area is 167 Å². The third-order valence-corrected chi connectivity index (χ3v) is 3.48. The lowest BCUT2D eigenvalue weighted by Crippen LogP contribution is -2.40. The maximum Gasteiger partial charge on any atom is 0.191 e. The van der Waals surface area contributed by atoms with E-state index in [2.05, 4.69) is 40.5 Å². The monoisotopic (exact) mass is 454 g/mol. The number of nitrogens with one attached hydrogen (secondary N) is 2. The molecule has 0 saturated carbocycles. The van der Waals surface area contributed by atoms with Gasteiger partial charge in [-0.2, -0.15) is 0 Å². The number of nitrogens with zero attached hydrogens (tertiary/aromatic N) is 2. The lowest BCUT2D eigenvalue weighted by atomic mass is 10.1. The molecule has 1 aromatic heterocycles. The van der Waals surface area contributed by atoms with Crippen molar-refractivity contribution in [2.45, 2.75) is 20.3 Å². The Morgan fingerprint density at radius 3 is 2.44 bits per heavy atom. The second-order valence-corrected chi connectivity index (χ2v) is 5.67. The summed E-state index contributed by atoms with van der Waals surface area (Å²) in [4.78, 5) is 8.51. The summed E-state index contributed by atoms with van der Waals surface area (Å²) in [5.74, 6) is 1.68. The number of rotatable bonds is 7. The minimum atomic E-state index is 0. The highest BCUT2D eigenvalue weighted by Crippen LogP contribution is 2.15. The Balaban J connectivity index is 0.00000312. The van der Waals surface area contributed by atoms with Crippen LogP contribution in [0.3, 0.4) is 0 Å². The summed E-state index contributed by atoms with van der Waals surface area (Å²) < 4.78 is 5.78. The Hall–Kier alpha value is -1.83. The summed E-state index contributed by atoms with van der Waals surface area (Å²) in [6.07, 6.45) is 2.67. The highest BCUT2D eigenvalue weighted by atomic mass is 127. The molecule has 0 atom stereocenters. The molecule has 0 aliphatic rings. The van der Waals surface area contributed by atoms with E-state index in [0.29, 0.717) is 13.2 Å². The molecule has 2 N–H and O–H groups in total. The number of aliphatic imine (C=N–C) groups is 1. The zero-order chi connectivity index (χ0) is 17.2. The molecule has 0 radical (unpaired) electrons. The molecule has 2 aromatic rings. The number of benzene rings is 1. The van der Waals surface area contributed by atoms with Crippen LogP contribution in [0, 0.1) is 13.8 Å². The summed E-state index contributed by atoms with van der Waals surface area (Å²) >= 11 is 0. The van der Waals surface area contributed by atoms with E-state index in [1.165, 1.54) is 11.1 Å². The van der Waals surface area contributed by atoms with Gasteiger partial charge < -0.3 is 15.4 Å². The summed E-state index contributed by atoms with van der Waals surface area (Å²) in [5.41, 5.74) is 3.49. The number of hydrogen-bond acceptors (Lipinski definition) is 3. The summed E-state index contributed by atoms with van der Waals surface area (Å²) in [5, 5.41) is 6.53. The molecule has 6 heteroatoms. The van der Waals surface area contributed by atoms with Gasteiger partial charge in [-0.1, -0.05) is 12.1 Å². The number of guanidine groups is 1. The summed E-state index contributed by atoms with van der Waals surface area (Å²) in [7, 11) is 1.76. The van der Waals surface area contributed by atoms with Crippen molar-refractivity contribution < 1.29 is 4.74 Å². The van der Waals surface area contributed by atoms with Crippen LogP contribution in [0.15, 0.2) is 47.6 Å². The Morgan fingerprint density at radius 2 is 1.80 bits per heavy atom. The zero-order valence-corrected chi connectivity index (χ0v) is 17.4. The fraction of sp³-hybridized carbons (Fsp3) is 0.368. The minimum absolute atomic E-state index is 0. The molecule has 0 bridgehead atoms. The van der Waals surface area contributed by atoms with Crippen LogP contribution in [0.2, 0.25) is 0 Å². The van der Waals surface area contributed by atoms with Gasteiger partial charge in [0.25, 0.3) is 0 Å². The first-order valence-electron chi connectivity index (χ1n) is 8.23. The van der Waals surface area contributed by atoms with Crippen molar-refractivity contribution in [2.75, 3.05) is 26.7 Å². The van der Waals surface area contributed by atoms with E-state index in [0.717, 1.165) is 30.4 Å². The van der Waals surface area contributed by atoms with Crippen molar-refractivity contribution in [2.24, 2.45) is 4.99 Å². The lowest BCUT2D eigenvalue weighted by molar-refractivity contribution is 0.321. The lowest BCUT2D eigenvalue weighted by Gasteiger charge is -2.13. The van der Waals surface area contributed by atoms with Crippen LogP contribution in [-0.2, 0) is 6.42 Å². The number of pyridine rings is 1. The standard InChI is InChI=1S/C19H26N4O.HI/c1-15-12-16(2)14-18(13-15)24-11-10-23-19(20-3)22-9-7-17-6-4-5-8-21-17;/h4-6,8,12-14H,7,9-11H2,1-3H3,(H2,20,22,23);1H. The van der Waals surface area contributed by atoms with Gasteiger partial charge in [0.15, 0.2) is 5.96 Å². The molecular formula is C19H27IN4O. The van der Waals surface area contributed by atoms with Crippen molar-refractivity contribution in [1.29, 1.82) is 0 Å². The smallest absolute Gasteiger partial charge is 0.191 e. The van der Waals surface area contributed by atoms with Crippen LogP contribution in [0.4, 0.5) is 0 Å². The molecule has 0 spiro atoms. The molecule has 25 heavy (non-hydrogen) atoms. The normalized spacial score (nSPS) is 10.8. The van der Waals surface area contributed by atoms with Crippen molar-refractivity contribution in [3.8, 4) is 5.75 Å². The second-order valence-electron chi connectivity index (χ2n) is 5.67. The highest BCUT2D eigenvalue weighted by molar-refractivity contribution is 14.0. The molecule has 5 nitrogen and oxygen atoms in total. The van der Waals surface area contributed by atoms with Gasteiger partial charge in [0.1, 0.15) is 12.4 Å². The highest BCUT2D eigenvalue weighted by Gasteiger charge is 2.00. The fourth-order valence-electron chi connectivity index (χ4n) is 2.43. The molecule has 0 aliphatic heterocycles. The maximum atomic E-state index is 5.78. The van der Waals surface area contributed by atoms with Gasteiger partial charge in [-0.05, 0) is 49.2 Å². The Kier molecular flexibility index (Phi) is 9.91. The second kappa shape index (κ2) is 11.7. The van der Waals surface area contributed by atoms with Gasteiger partial charge in [-0.3, -0.25) is 9.98 Å². The van der Waals surface area contributed by atoms with E-state index >= 15 is 0 Å². The van der Waals surface area contributed by atoms with E-state index in [1.807, 2.05) is 36.5 Å². The average Bonchev–Trinajstić information content (AvgIpc) is 2.57. The minimum Gasteiger partial charge on any atom is -0.492 e. The van der Waals surface area contributed by atoms with Gasteiger partial charge >= 0.3 is 0 Å². The quantitative estimate of drug-likeness (QED) is 0.292. The van der Waals surface area contributed by atoms with Crippen LogP contribution in [0.5, 0.6) is 5.75 Å². The number of aryl methyl sites for hydroxylation is 2. The van der Waals surface area contributed by atoms with E-state index in [1.54, 1.807) is 7.05 Å². The molecule has 0 amide bonds. The number of hydrogen-bond donors (Lipinski definition) is 2. The average molecular weight is 454 g/mol. The largest absolute Gasteiger partial charge is 0.492 e. The van der Waals surface area contributed by atoms with Gasteiger partial charge in [0.05, 0.1) is 6.54 Å².